The first kappa shape index (κ1) is 12.4. The van der Waals surface area contributed by atoms with Gasteiger partial charge in [-0.2, -0.15) is 0 Å². The van der Waals surface area contributed by atoms with Crippen molar-refractivity contribution in [1.29, 1.82) is 0 Å². The number of amides is 1. The van der Waals surface area contributed by atoms with Gasteiger partial charge in [-0.05, 0) is 24.7 Å². The fourth-order valence-electron chi connectivity index (χ4n) is 3.47. The smallest absolute Gasteiger partial charge is 0.240 e. The molecule has 5 nitrogen and oxygen atoms in total. The van der Waals surface area contributed by atoms with Gasteiger partial charge in [0.15, 0.2) is 9.84 Å². The quantitative estimate of drug-likeness (QED) is 0.707. The molecule has 3 rings (SSSR count). The van der Waals surface area contributed by atoms with Gasteiger partial charge in [0.05, 0.1) is 5.75 Å². The summed E-state index contributed by atoms with van der Waals surface area (Å²) in [7, 11) is -3.19. The van der Waals surface area contributed by atoms with E-state index in [1.54, 1.807) is 4.90 Å². The molecule has 0 spiro atoms. The van der Waals surface area contributed by atoms with E-state index in [0.717, 1.165) is 32.6 Å². The molecule has 102 valence electrons. The number of fused-ring (bicyclic) bond motifs is 1. The number of carbonyl (C=O) groups is 1. The molecule has 0 radical (unpaired) electrons. The van der Waals surface area contributed by atoms with Gasteiger partial charge in [0.25, 0.3) is 0 Å². The van der Waals surface area contributed by atoms with Crippen LogP contribution in [0.15, 0.2) is 0 Å². The largest absolute Gasteiger partial charge is 0.341 e. The van der Waals surface area contributed by atoms with Crippen molar-refractivity contribution in [2.24, 2.45) is 11.8 Å². The molecule has 1 N–H and O–H groups in total. The average molecular weight is 272 g/mol. The molecule has 3 aliphatic rings. The number of nitrogens with one attached hydrogen (secondary N) is 1. The van der Waals surface area contributed by atoms with Crippen molar-refractivity contribution in [3.8, 4) is 0 Å². The lowest BCUT2D eigenvalue weighted by molar-refractivity contribution is -0.130. The number of likely N-dealkylation sites (tertiary alicyclic amines) is 1. The zero-order valence-electron chi connectivity index (χ0n) is 10.5. The number of sulfone groups is 1. The Morgan fingerprint density at radius 2 is 1.78 bits per heavy atom. The first-order chi connectivity index (χ1) is 8.58. The minimum atomic E-state index is -3.19. The standard InChI is InChI=1S/C12H20N2O3S/c15-12(11-3-1-2-4-18(11,16)17)14-7-9-5-13-6-10(9)8-14/h9-11,13H,1-8H2/t9-,10+,11?. The summed E-state index contributed by atoms with van der Waals surface area (Å²) in [5.74, 6) is 1.11. The van der Waals surface area contributed by atoms with Crippen LogP contribution in [0.1, 0.15) is 19.3 Å². The van der Waals surface area contributed by atoms with Crippen molar-refractivity contribution >= 4 is 15.7 Å². The molecule has 3 saturated heterocycles. The first-order valence-corrected chi connectivity index (χ1v) is 8.50. The Hall–Kier alpha value is -0.620. The fourth-order valence-corrected chi connectivity index (χ4v) is 5.34. The zero-order valence-corrected chi connectivity index (χ0v) is 11.3. The lowest BCUT2D eigenvalue weighted by Crippen LogP contribution is -2.45. The predicted molar refractivity (Wildman–Crippen MR) is 67.9 cm³/mol. The summed E-state index contributed by atoms with van der Waals surface area (Å²) < 4.78 is 23.9. The molecule has 0 aliphatic carbocycles. The molecule has 0 saturated carbocycles. The average Bonchev–Trinajstić information content (AvgIpc) is 2.87. The van der Waals surface area contributed by atoms with E-state index in [0.29, 0.717) is 24.7 Å². The van der Waals surface area contributed by atoms with Gasteiger partial charge in [-0.25, -0.2) is 8.42 Å². The van der Waals surface area contributed by atoms with Crippen LogP contribution >= 0.6 is 0 Å². The molecular formula is C12H20N2O3S. The summed E-state index contributed by atoms with van der Waals surface area (Å²) in [5, 5.41) is 2.57. The topological polar surface area (TPSA) is 66.5 Å². The Morgan fingerprint density at radius 1 is 1.11 bits per heavy atom. The van der Waals surface area contributed by atoms with E-state index in [9.17, 15) is 13.2 Å². The maximum atomic E-state index is 12.4. The van der Waals surface area contributed by atoms with Crippen molar-refractivity contribution < 1.29 is 13.2 Å². The summed E-state index contributed by atoms with van der Waals surface area (Å²) in [5.41, 5.74) is 0. The van der Waals surface area contributed by atoms with Crippen LogP contribution in [0, 0.1) is 11.8 Å². The molecule has 0 bridgehead atoms. The van der Waals surface area contributed by atoms with Crippen LogP contribution in [0.25, 0.3) is 0 Å². The van der Waals surface area contributed by atoms with Crippen molar-refractivity contribution in [3.05, 3.63) is 0 Å². The van der Waals surface area contributed by atoms with Crippen LogP contribution < -0.4 is 5.32 Å². The van der Waals surface area contributed by atoms with Gasteiger partial charge in [-0.1, -0.05) is 6.42 Å². The third-order valence-corrected chi connectivity index (χ3v) is 6.72. The van der Waals surface area contributed by atoms with E-state index < -0.39 is 15.1 Å². The minimum Gasteiger partial charge on any atom is -0.341 e. The maximum absolute atomic E-state index is 12.4. The Kier molecular flexibility index (Phi) is 3.10. The van der Waals surface area contributed by atoms with Crippen molar-refractivity contribution in [2.75, 3.05) is 31.9 Å². The number of hydrogen-bond acceptors (Lipinski definition) is 4. The first-order valence-electron chi connectivity index (χ1n) is 6.79. The van der Waals surface area contributed by atoms with Gasteiger partial charge in [0.1, 0.15) is 5.25 Å². The van der Waals surface area contributed by atoms with Crippen LogP contribution in [0.4, 0.5) is 0 Å². The van der Waals surface area contributed by atoms with Crippen molar-refractivity contribution in [3.63, 3.8) is 0 Å². The number of hydrogen-bond donors (Lipinski definition) is 1. The number of nitrogens with zero attached hydrogens (tertiary/aromatic N) is 1. The molecule has 0 aromatic heterocycles. The minimum absolute atomic E-state index is 0.135. The monoisotopic (exact) mass is 272 g/mol. The SMILES string of the molecule is O=C(C1CCCCS1(=O)=O)N1C[C@H]2CNC[C@H]2C1. The molecule has 0 aromatic carbocycles. The maximum Gasteiger partial charge on any atom is 0.240 e. The summed E-state index contributed by atoms with van der Waals surface area (Å²) in [6.45, 7) is 3.41. The molecule has 18 heavy (non-hydrogen) atoms. The number of rotatable bonds is 1. The van der Waals surface area contributed by atoms with Gasteiger partial charge in [0.2, 0.25) is 5.91 Å². The normalized spacial score (nSPS) is 38.7. The van der Waals surface area contributed by atoms with E-state index in [2.05, 4.69) is 5.32 Å². The van der Waals surface area contributed by atoms with Crippen molar-refractivity contribution in [2.45, 2.75) is 24.5 Å². The Morgan fingerprint density at radius 3 is 2.39 bits per heavy atom. The van der Waals surface area contributed by atoms with Crippen LogP contribution in [0.5, 0.6) is 0 Å². The highest BCUT2D eigenvalue weighted by Gasteiger charge is 2.43. The Bertz CT molecular complexity index is 436. The van der Waals surface area contributed by atoms with Crippen LogP contribution in [-0.2, 0) is 14.6 Å². The predicted octanol–water partition coefficient (Wildman–Crippen LogP) is -0.368. The highest BCUT2D eigenvalue weighted by Crippen LogP contribution is 2.29. The highest BCUT2D eigenvalue weighted by atomic mass is 32.2. The van der Waals surface area contributed by atoms with Gasteiger partial charge in [-0.3, -0.25) is 4.79 Å². The summed E-state index contributed by atoms with van der Waals surface area (Å²) in [6.07, 6.45) is 2.09. The summed E-state index contributed by atoms with van der Waals surface area (Å²) >= 11 is 0. The third kappa shape index (κ3) is 2.05. The molecule has 1 unspecified atom stereocenters. The molecule has 6 heteroatoms. The Balaban J connectivity index is 1.71. The third-order valence-electron chi connectivity index (χ3n) is 4.56. The second kappa shape index (κ2) is 4.49. The van der Waals surface area contributed by atoms with Gasteiger partial charge >= 0.3 is 0 Å². The molecule has 3 aliphatic heterocycles. The lowest BCUT2D eigenvalue weighted by Gasteiger charge is -2.26. The summed E-state index contributed by atoms with van der Waals surface area (Å²) in [6, 6.07) is 0. The molecule has 3 atom stereocenters. The van der Waals surface area contributed by atoms with Gasteiger partial charge in [0, 0.05) is 26.2 Å². The van der Waals surface area contributed by atoms with E-state index in [4.69, 9.17) is 0 Å². The molecule has 3 heterocycles. The Labute approximate surface area is 108 Å². The van der Waals surface area contributed by atoms with Crippen LogP contribution in [-0.4, -0.2) is 56.4 Å². The van der Waals surface area contributed by atoms with Gasteiger partial charge < -0.3 is 10.2 Å². The molecule has 3 fully saturated rings. The van der Waals surface area contributed by atoms with Gasteiger partial charge in [-0.15, -0.1) is 0 Å². The number of carbonyl (C=O) groups excluding carboxylic acids is 1. The molecule has 1 amide bonds. The summed E-state index contributed by atoms with van der Waals surface area (Å²) in [4.78, 5) is 14.2. The fraction of sp³-hybridized carbons (Fsp3) is 0.917. The van der Waals surface area contributed by atoms with E-state index in [-0.39, 0.29) is 11.7 Å². The molecule has 0 aromatic rings. The second-order valence-electron chi connectivity index (χ2n) is 5.77. The molecular weight excluding hydrogens is 252 g/mol. The van der Waals surface area contributed by atoms with E-state index in [1.807, 2.05) is 0 Å². The zero-order chi connectivity index (χ0) is 12.8. The second-order valence-corrected chi connectivity index (χ2v) is 8.08. The van der Waals surface area contributed by atoms with E-state index >= 15 is 0 Å². The van der Waals surface area contributed by atoms with Crippen molar-refractivity contribution in [1.82, 2.24) is 10.2 Å². The van der Waals surface area contributed by atoms with Crippen LogP contribution in [0.3, 0.4) is 0 Å². The van der Waals surface area contributed by atoms with E-state index in [1.165, 1.54) is 0 Å². The lowest BCUT2D eigenvalue weighted by atomic mass is 10.0. The highest BCUT2D eigenvalue weighted by molar-refractivity contribution is 7.92. The van der Waals surface area contributed by atoms with Crippen LogP contribution in [0.2, 0.25) is 0 Å².